The van der Waals surface area contributed by atoms with Crippen molar-refractivity contribution < 1.29 is 4.92 Å². The van der Waals surface area contributed by atoms with Crippen molar-refractivity contribution in [1.29, 1.82) is 0 Å². The van der Waals surface area contributed by atoms with Gasteiger partial charge in [0, 0.05) is 18.3 Å². The van der Waals surface area contributed by atoms with Crippen molar-refractivity contribution in [2.45, 2.75) is 6.54 Å². The Morgan fingerprint density at radius 1 is 1.27 bits per heavy atom. The average Bonchev–Trinajstić information content (AvgIpc) is 2.44. The van der Waals surface area contributed by atoms with Gasteiger partial charge in [0.05, 0.1) is 20.4 Å². The lowest BCUT2D eigenvalue weighted by Crippen LogP contribution is -2.31. The second-order valence-electron chi connectivity index (χ2n) is 4.33. The van der Waals surface area contributed by atoms with Crippen LogP contribution in [0.4, 0.5) is 5.69 Å². The first-order valence-electron chi connectivity index (χ1n) is 5.96. The highest BCUT2D eigenvalue weighted by molar-refractivity contribution is 9.28. The van der Waals surface area contributed by atoms with Gasteiger partial charge in [0.15, 0.2) is 0 Å². The Morgan fingerprint density at radius 2 is 1.91 bits per heavy atom. The van der Waals surface area contributed by atoms with Gasteiger partial charge in [-0.25, -0.2) is 4.79 Å². The van der Waals surface area contributed by atoms with E-state index < -0.39 is 16.2 Å². The van der Waals surface area contributed by atoms with Crippen molar-refractivity contribution in [3.8, 4) is 0 Å². The van der Waals surface area contributed by atoms with E-state index in [2.05, 4.69) is 36.8 Å². The Labute approximate surface area is 140 Å². The van der Waals surface area contributed by atoms with Gasteiger partial charge < -0.3 is 0 Å². The summed E-state index contributed by atoms with van der Waals surface area (Å²) >= 11 is 6.30. The SMILES string of the molecule is O=c1[nH]c(=O)n(Cc2ccc([N+](=O)[O-])cc2)cc1C=C(Br)Br. The second kappa shape index (κ2) is 6.84. The summed E-state index contributed by atoms with van der Waals surface area (Å²) in [5.74, 6) is 0. The number of aromatic amines is 1. The van der Waals surface area contributed by atoms with E-state index in [0.717, 1.165) is 0 Å². The zero-order chi connectivity index (χ0) is 16.3. The highest BCUT2D eigenvalue weighted by Crippen LogP contribution is 2.16. The number of nitrogens with one attached hydrogen (secondary N) is 1. The average molecular weight is 431 g/mol. The number of halogens is 2. The van der Waals surface area contributed by atoms with Crippen LogP contribution in [-0.4, -0.2) is 14.5 Å². The minimum Gasteiger partial charge on any atom is -0.296 e. The van der Waals surface area contributed by atoms with Crippen molar-refractivity contribution in [2.75, 3.05) is 0 Å². The lowest BCUT2D eigenvalue weighted by atomic mass is 10.2. The Balaban J connectivity index is 2.37. The quantitative estimate of drug-likeness (QED) is 0.595. The van der Waals surface area contributed by atoms with E-state index >= 15 is 0 Å². The number of hydrogen-bond acceptors (Lipinski definition) is 4. The molecule has 2 rings (SSSR count). The molecule has 0 saturated heterocycles. The smallest absolute Gasteiger partial charge is 0.296 e. The molecule has 1 aromatic carbocycles. The van der Waals surface area contributed by atoms with Crippen LogP contribution in [0.3, 0.4) is 0 Å². The monoisotopic (exact) mass is 429 g/mol. The molecule has 0 aliphatic rings. The molecule has 114 valence electrons. The van der Waals surface area contributed by atoms with E-state index in [1.807, 2.05) is 0 Å². The minimum absolute atomic E-state index is 0.0237. The fourth-order valence-electron chi connectivity index (χ4n) is 1.78. The third-order valence-electron chi connectivity index (χ3n) is 2.80. The molecule has 0 amide bonds. The van der Waals surface area contributed by atoms with Crippen LogP contribution in [0.25, 0.3) is 6.08 Å². The Hall–Kier alpha value is -2.00. The first-order valence-corrected chi connectivity index (χ1v) is 7.55. The van der Waals surface area contributed by atoms with Gasteiger partial charge in [-0.15, -0.1) is 0 Å². The molecule has 0 spiro atoms. The molecule has 1 heterocycles. The predicted octanol–water partition coefficient (Wildman–Crippen LogP) is 2.58. The van der Waals surface area contributed by atoms with E-state index in [-0.39, 0.29) is 12.2 Å². The number of hydrogen-bond donors (Lipinski definition) is 1. The molecule has 2 aromatic rings. The molecule has 0 saturated carbocycles. The lowest BCUT2D eigenvalue weighted by molar-refractivity contribution is -0.384. The van der Waals surface area contributed by atoms with Crippen LogP contribution in [-0.2, 0) is 6.54 Å². The number of rotatable bonds is 4. The van der Waals surface area contributed by atoms with Crippen molar-refractivity contribution in [2.24, 2.45) is 0 Å². The Bertz CT molecular complexity index is 849. The van der Waals surface area contributed by atoms with E-state index in [1.54, 1.807) is 12.1 Å². The van der Waals surface area contributed by atoms with Gasteiger partial charge in [-0.05, 0) is 43.5 Å². The largest absolute Gasteiger partial charge is 0.328 e. The molecular formula is C13H9Br2N3O4. The zero-order valence-electron chi connectivity index (χ0n) is 11.0. The number of nitrogens with zero attached hydrogens (tertiary/aromatic N) is 2. The first kappa shape index (κ1) is 16.4. The second-order valence-corrected chi connectivity index (χ2v) is 7.10. The maximum Gasteiger partial charge on any atom is 0.328 e. The van der Waals surface area contributed by atoms with Crippen LogP contribution in [0.15, 0.2) is 43.4 Å². The van der Waals surface area contributed by atoms with E-state index in [9.17, 15) is 19.7 Å². The number of H-pyrrole nitrogens is 1. The number of nitro groups is 1. The highest BCUT2D eigenvalue weighted by atomic mass is 79.9. The van der Waals surface area contributed by atoms with Crippen LogP contribution in [0, 0.1) is 10.1 Å². The molecule has 0 atom stereocenters. The van der Waals surface area contributed by atoms with Crippen LogP contribution < -0.4 is 11.2 Å². The first-order chi connectivity index (χ1) is 10.4. The lowest BCUT2D eigenvalue weighted by Gasteiger charge is -2.06. The summed E-state index contributed by atoms with van der Waals surface area (Å²) < 4.78 is 1.88. The summed E-state index contributed by atoms with van der Waals surface area (Å²) in [6.07, 6.45) is 2.94. The van der Waals surface area contributed by atoms with Gasteiger partial charge in [0.2, 0.25) is 0 Å². The minimum atomic E-state index is -0.550. The highest BCUT2D eigenvalue weighted by Gasteiger charge is 2.07. The molecule has 0 aliphatic carbocycles. The molecule has 1 N–H and O–H groups in total. The number of aromatic nitrogens is 2. The predicted molar refractivity (Wildman–Crippen MR) is 89.4 cm³/mol. The van der Waals surface area contributed by atoms with Gasteiger partial charge in [0.1, 0.15) is 0 Å². The fourth-order valence-corrected chi connectivity index (χ4v) is 2.28. The van der Waals surface area contributed by atoms with E-state index in [1.165, 1.54) is 29.0 Å². The zero-order valence-corrected chi connectivity index (χ0v) is 14.1. The van der Waals surface area contributed by atoms with Gasteiger partial charge in [-0.2, -0.15) is 0 Å². The van der Waals surface area contributed by atoms with Crippen molar-refractivity contribution in [3.05, 3.63) is 75.9 Å². The fraction of sp³-hybridized carbons (Fsp3) is 0.0769. The summed E-state index contributed by atoms with van der Waals surface area (Å²) in [6.45, 7) is 0.189. The van der Waals surface area contributed by atoms with E-state index in [4.69, 9.17) is 0 Å². The summed E-state index contributed by atoms with van der Waals surface area (Å²) in [4.78, 5) is 35.8. The number of nitro benzene ring substituents is 1. The van der Waals surface area contributed by atoms with Crippen LogP contribution in [0.5, 0.6) is 0 Å². The summed E-state index contributed by atoms with van der Waals surface area (Å²) in [6, 6.07) is 5.85. The molecule has 22 heavy (non-hydrogen) atoms. The number of benzene rings is 1. The van der Waals surface area contributed by atoms with Gasteiger partial charge in [-0.3, -0.25) is 24.5 Å². The molecule has 0 fully saturated rings. The van der Waals surface area contributed by atoms with Gasteiger partial charge in [0.25, 0.3) is 11.2 Å². The molecule has 0 unspecified atom stereocenters. The van der Waals surface area contributed by atoms with Crippen molar-refractivity contribution in [3.63, 3.8) is 0 Å². The van der Waals surface area contributed by atoms with Crippen LogP contribution >= 0.6 is 31.9 Å². The standard InChI is InChI=1S/C13H9Br2N3O4/c14-11(15)5-9-7-17(13(20)16-12(9)19)6-8-1-3-10(4-2-8)18(21)22/h1-5,7H,6H2,(H,16,19,20). The van der Waals surface area contributed by atoms with Crippen LogP contribution in [0.2, 0.25) is 0 Å². The van der Waals surface area contributed by atoms with E-state index in [0.29, 0.717) is 14.5 Å². The summed E-state index contributed by atoms with van der Waals surface area (Å²) in [5, 5.41) is 10.6. The summed E-state index contributed by atoms with van der Waals surface area (Å²) in [5.41, 5.74) is -0.0743. The number of non-ortho nitro benzene ring substituents is 1. The Morgan fingerprint density at radius 3 is 2.45 bits per heavy atom. The molecule has 7 nitrogen and oxygen atoms in total. The Kier molecular flexibility index (Phi) is 5.09. The molecular weight excluding hydrogens is 422 g/mol. The van der Waals surface area contributed by atoms with Crippen LogP contribution in [0.1, 0.15) is 11.1 Å². The van der Waals surface area contributed by atoms with Gasteiger partial charge >= 0.3 is 5.69 Å². The normalized spacial score (nSPS) is 10.3. The summed E-state index contributed by atoms with van der Waals surface area (Å²) in [7, 11) is 0. The molecule has 0 bridgehead atoms. The third-order valence-corrected chi connectivity index (χ3v) is 3.26. The molecule has 0 aliphatic heterocycles. The van der Waals surface area contributed by atoms with Gasteiger partial charge in [-0.1, -0.05) is 12.1 Å². The van der Waals surface area contributed by atoms with Crippen molar-refractivity contribution in [1.82, 2.24) is 9.55 Å². The topological polar surface area (TPSA) is 98.0 Å². The molecule has 9 heteroatoms. The third kappa shape index (κ3) is 4.01. The van der Waals surface area contributed by atoms with Crippen molar-refractivity contribution >= 4 is 43.6 Å². The maximum atomic E-state index is 11.8. The molecule has 0 radical (unpaired) electrons. The maximum absolute atomic E-state index is 11.8. The molecule has 1 aromatic heterocycles.